The fourth-order valence-electron chi connectivity index (χ4n) is 9.87. The molecule has 0 rings (SSSR count). The zero-order valence-corrected chi connectivity index (χ0v) is 62.5. The maximum Gasteiger partial charge on any atom is 0.472 e. The van der Waals surface area contributed by atoms with Crippen LogP contribution in [0.4, 0.5) is 0 Å². The van der Waals surface area contributed by atoms with Crippen molar-refractivity contribution in [3.8, 4) is 0 Å². The van der Waals surface area contributed by atoms with E-state index in [1.807, 2.05) is 0 Å². The van der Waals surface area contributed by atoms with Crippen molar-refractivity contribution in [1.82, 2.24) is 0 Å². The summed E-state index contributed by atoms with van der Waals surface area (Å²) in [5.41, 5.74) is 0. The highest BCUT2D eigenvalue weighted by molar-refractivity contribution is 7.47. The summed E-state index contributed by atoms with van der Waals surface area (Å²) in [6.45, 7) is 2.48. The molecule has 0 radical (unpaired) electrons. The standard InChI is InChI=1S/C79H136O16P2/c1-4-7-10-13-16-19-22-25-28-30-32-33-34-35-36-37-38-39-41-43-45-47-50-53-56-59-62-65-77(82)89-68-74(80)69-91-96(85,86)92-70-75(81)71-93-97(87,88)94-73-76(95-79(84)67-64-61-58-55-52-49-44-27-24-21-18-15-12-9-6-3)72-90-78(83)66-63-60-57-54-51-48-46-42-40-31-29-26-23-20-17-14-11-8-5-2/h9,12,16-21,25-29,32-33,35-36,40,42,44,74-76,80-81H,4-8,10-11,13-15,22-24,30-31,34,37-39,41,43,45-73H2,1-3H3,(H,85,86)(H,87,88)/b12-9-,19-16-,20-17-,21-18-,28-25-,29-26-,33-32-,36-35-,42-40-,44-27-. The lowest BCUT2D eigenvalue weighted by Gasteiger charge is -2.21. The smallest absolute Gasteiger partial charge is 0.463 e. The number of aliphatic hydroxyl groups is 2. The number of carbonyl (C=O) groups excluding carboxylic acids is 3. The van der Waals surface area contributed by atoms with Gasteiger partial charge in [-0.3, -0.25) is 32.5 Å². The van der Waals surface area contributed by atoms with Gasteiger partial charge in [-0.1, -0.05) is 271 Å². The van der Waals surface area contributed by atoms with E-state index in [2.05, 4.69) is 142 Å². The van der Waals surface area contributed by atoms with Gasteiger partial charge in [0.2, 0.25) is 0 Å². The fraction of sp³-hybridized carbons (Fsp3) is 0.709. The van der Waals surface area contributed by atoms with Gasteiger partial charge in [0.25, 0.3) is 0 Å². The molecule has 5 atom stereocenters. The van der Waals surface area contributed by atoms with Gasteiger partial charge in [0.15, 0.2) is 6.10 Å². The van der Waals surface area contributed by atoms with Gasteiger partial charge >= 0.3 is 33.6 Å². The number of allylic oxidation sites excluding steroid dienone is 20. The number of unbranched alkanes of at least 4 members (excludes halogenated alkanes) is 28. The van der Waals surface area contributed by atoms with Crippen molar-refractivity contribution in [2.45, 2.75) is 322 Å². The van der Waals surface area contributed by atoms with E-state index in [9.17, 15) is 43.5 Å². The molecule has 0 aromatic rings. The molecule has 18 heteroatoms. The van der Waals surface area contributed by atoms with E-state index in [0.29, 0.717) is 19.3 Å². The van der Waals surface area contributed by atoms with Gasteiger partial charge in [-0.2, -0.15) is 0 Å². The third kappa shape index (κ3) is 73.0. The van der Waals surface area contributed by atoms with Crippen LogP contribution >= 0.6 is 15.6 Å². The van der Waals surface area contributed by atoms with Crippen molar-refractivity contribution in [3.05, 3.63) is 122 Å². The maximum absolute atomic E-state index is 12.9. The highest BCUT2D eigenvalue weighted by Crippen LogP contribution is 2.45. The number of esters is 3. The lowest BCUT2D eigenvalue weighted by atomic mass is 10.0. The van der Waals surface area contributed by atoms with E-state index in [4.69, 9.17) is 32.3 Å². The Labute approximate surface area is 589 Å². The molecule has 0 heterocycles. The number of ether oxygens (including phenoxy) is 3. The maximum atomic E-state index is 12.9. The van der Waals surface area contributed by atoms with Crippen molar-refractivity contribution >= 4 is 33.6 Å². The Bertz CT molecular complexity index is 2250. The Kier molecular flexibility index (Phi) is 68.8. The number of phosphoric ester groups is 2. The van der Waals surface area contributed by atoms with Crippen LogP contribution in [0.1, 0.15) is 303 Å². The number of hydrogen-bond acceptors (Lipinski definition) is 14. The van der Waals surface area contributed by atoms with Crippen LogP contribution in [0.3, 0.4) is 0 Å². The van der Waals surface area contributed by atoms with Crippen LogP contribution in [0, 0.1) is 0 Å². The molecule has 0 spiro atoms. The first kappa shape index (κ1) is 93.0. The molecule has 16 nitrogen and oxygen atoms in total. The summed E-state index contributed by atoms with van der Waals surface area (Å²) in [4.78, 5) is 58.5. The highest BCUT2D eigenvalue weighted by atomic mass is 31.2. The fourth-order valence-corrected chi connectivity index (χ4v) is 11.5. The molecule has 0 amide bonds. The third-order valence-corrected chi connectivity index (χ3v) is 17.5. The second-order valence-electron chi connectivity index (χ2n) is 25.1. The Hall–Kier alpha value is -4.05. The van der Waals surface area contributed by atoms with Gasteiger partial charge in [0.1, 0.15) is 25.4 Å². The number of phosphoric acid groups is 2. The average Bonchev–Trinajstić information content (AvgIpc) is 3.35. The molecule has 97 heavy (non-hydrogen) atoms. The van der Waals surface area contributed by atoms with E-state index in [1.165, 1.54) is 89.9 Å². The molecule has 0 saturated carbocycles. The summed E-state index contributed by atoms with van der Waals surface area (Å²) in [6.07, 6.45) is 83.9. The van der Waals surface area contributed by atoms with E-state index in [0.717, 1.165) is 154 Å². The van der Waals surface area contributed by atoms with Crippen LogP contribution in [0.5, 0.6) is 0 Å². The van der Waals surface area contributed by atoms with E-state index in [-0.39, 0.29) is 19.3 Å². The lowest BCUT2D eigenvalue weighted by Crippen LogP contribution is -2.30. The quantitative estimate of drug-likeness (QED) is 0.0146. The molecule has 0 saturated heterocycles. The zero-order valence-electron chi connectivity index (χ0n) is 60.7. The molecule has 4 N–H and O–H groups in total. The lowest BCUT2D eigenvalue weighted by molar-refractivity contribution is -0.161. The topological polar surface area (TPSA) is 231 Å². The van der Waals surface area contributed by atoms with Gasteiger partial charge in [0, 0.05) is 19.3 Å². The molecule has 0 aliphatic carbocycles. The number of carbonyl (C=O) groups is 3. The average molecular weight is 1400 g/mol. The summed E-state index contributed by atoms with van der Waals surface area (Å²) < 4.78 is 61.0. The monoisotopic (exact) mass is 1400 g/mol. The molecule has 5 unspecified atom stereocenters. The van der Waals surface area contributed by atoms with Gasteiger partial charge in [-0.25, -0.2) is 9.13 Å². The van der Waals surface area contributed by atoms with Crippen molar-refractivity contribution in [2.24, 2.45) is 0 Å². The van der Waals surface area contributed by atoms with Crippen LogP contribution in [0.25, 0.3) is 0 Å². The molecule has 0 aliphatic heterocycles. The van der Waals surface area contributed by atoms with Crippen molar-refractivity contribution in [3.63, 3.8) is 0 Å². The SMILES string of the molecule is CC/C=C\C/C=C\C/C=C\CCCCCCCC(=O)OC(COC(=O)CCCCCCCC/C=C\C/C=C\C/C=C\CCCCC)COP(=O)(O)OCC(O)COP(=O)(O)OCC(O)COC(=O)CCCCCCCCCCCCC/C=C\C/C=C\C/C=C\C/C=C\CCCCC. The molecule has 0 aromatic carbocycles. The minimum atomic E-state index is -4.94. The van der Waals surface area contributed by atoms with E-state index >= 15 is 0 Å². The number of hydrogen-bond donors (Lipinski definition) is 4. The minimum absolute atomic E-state index is 0.0797. The summed E-state index contributed by atoms with van der Waals surface area (Å²) in [5.74, 6) is -1.61. The second kappa shape index (κ2) is 71.8. The van der Waals surface area contributed by atoms with Crippen molar-refractivity contribution < 1.29 is 75.8 Å². The van der Waals surface area contributed by atoms with E-state index < -0.39 is 91.5 Å². The van der Waals surface area contributed by atoms with Gasteiger partial charge in [-0.05, 0) is 135 Å². The van der Waals surface area contributed by atoms with Gasteiger partial charge in [0.05, 0.1) is 26.4 Å². The largest absolute Gasteiger partial charge is 0.472 e. The first-order chi connectivity index (χ1) is 47.2. The van der Waals surface area contributed by atoms with Gasteiger partial charge in [-0.15, -0.1) is 0 Å². The van der Waals surface area contributed by atoms with Crippen molar-refractivity contribution in [2.75, 3.05) is 39.6 Å². The Morgan fingerprint density at radius 3 is 0.866 bits per heavy atom. The van der Waals surface area contributed by atoms with Crippen LogP contribution in [0.15, 0.2) is 122 Å². The highest BCUT2D eigenvalue weighted by Gasteiger charge is 2.29. The van der Waals surface area contributed by atoms with Crippen molar-refractivity contribution in [1.29, 1.82) is 0 Å². The normalized spacial score (nSPS) is 14.8. The third-order valence-electron chi connectivity index (χ3n) is 15.6. The summed E-state index contributed by atoms with van der Waals surface area (Å²) in [5, 5.41) is 20.6. The van der Waals surface area contributed by atoms with Crippen LogP contribution in [-0.4, -0.2) is 95.9 Å². The molecular weight excluding hydrogens is 1270 g/mol. The number of rotatable bonds is 71. The second-order valence-corrected chi connectivity index (χ2v) is 28.0. The molecular formula is C79H136O16P2. The van der Waals surface area contributed by atoms with E-state index in [1.54, 1.807) is 0 Å². The predicted octanol–water partition coefficient (Wildman–Crippen LogP) is 21.8. The van der Waals surface area contributed by atoms with Gasteiger partial charge < -0.3 is 34.2 Å². The first-order valence-electron chi connectivity index (χ1n) is 37.8. The van der Waals surface area contributed by atoms with Crippen LogP contribution in [0.2, 0.25) is 0 Å². The van der Waals surface area contributed by atoms with Crippen LogP contribution < -0.4 is 0 Å². The predicted molar refractivity (Wildman–Crippen MR) is 399 cm³/mol. The Balaban J connectivity index is 4.57. The Morgan fingerprint density at radius 2 is 0.546 bits per heavy atom. The Morgan fingerprint density at radius 1 is 0.299 bits per heavy atom. The first-order valence-corrected chi connectivity index (χ1v) is 40.8. The summed E-state index contributed by atoms with van der Waals surface area (Å²) in [6, 6.07) is 0. The van der Waals surface area contributed by atoms with Crippen LogP contribution in [-0.2, 0) is 55.8 Å². The number of aliphatic hydroxyl groups excluding tert-OH is 2. The zero-order chi connectivity index (χ0) is 70.9. The molecule has 0 aromatic heterocycles. The molecule has 0 aliphatic rings. The molecule has 0 fully saturated rings. The molecule has 558 valence electrons. The summed E-state index contributed by atoms with van der Waals surface area (Å²) in [7, 11) is -9.80. The molecule has 0 bridgehead atoms. The minimum Gasteiger partial charge on any atom is -0.463 e. The summed E-state index contributed by atoms with van der Waals surface area (Å²) >= 11 is 0.